The first kappa shape index (κ1) is 17.6. The van der Waals surface area contributed by atoms with E-state index in [2.05, 4.69) is 25.4 Å². The monoisotopic (exact) mass is 366 g/mol. The minimum absolute atomic E-state index is 0.183. The zero-order valence-corrected chi connectivity index (χ0v) is 15.2. The average Bonchev–Trinajstić information content (AvgIpc) is 3.33. The number of carbonyl (C=O) groups is 1. The number of ether oxygens (including phenoxy) is 1. The standard InChI is InChI=1S/C19H22N6O2/c1-27-10-9-24-8-6-14(12-24)18-23-22-17-5-4-15(13-25(17)18)19(26)21-16-3-2-7-20-11-16/h2-5,7,11,13-14H,6,8-10,12H2,1H3,(H,21,26). The molecule has 1 saturated heterocycles. The van der Waals surface area contributed by atoms with Crippen LogP contribution in [0.15, 0.2) is 42.9 Å². The number of hydrogen-bond acceptors (Lipinski definition) is 6. The van der Waals surface area contributed by atoms with Crippen LogP contribution in [-0.4, -0.2) is 63.7 Å². The molecule has 27 heavy (non-hydrogen) atoms. The number of anilines is 1. The molecule has 4 rings (SSSR count). The molecular formula is C19H22N6O2. The van der Waals surface area contributed by atoms with Crippen molar-refractivity contribution in [1.29, 1.82) is 0 Å². The summed E-state index contributed by atoms with van der Waals surface area (Å²) in [4.78, 5) is 19.0. The van der Waals surface area contributed by atoms with E-state index in [1.54, 1.807) is 37.7 Å². The highest BCUT2D eigenvalue weighted by molar-refractivity contribution is 6.04. The van der Waals surface area contributed by atoms with Crippen molar-refractivity contribution < 1.29 is 9.53 Å². The largest absolute Gasteiger partial charge is 0.383 e. The van der Waals surface area contributed by atoms with E-state index in [9.17, 15) is 4.79 Å². The molecule has 0 aromatic carbocycles. The molecule has 4 heterocycles. The summed E-state index contributed by atoms with van der Waals surface area (Å²) in [7, 11) is 1.72. The fourth-order valence-electron chi connectivity index (χ4n) is 3.43. The van der Waals surface area contributed by atoms with Gasteiger partial charge in [0, 0.05) is 38.5 Å². The molecular weight excluding hydrogens is 344 g/mol. The number of rotatable bonds is 6. The van der Waals surface area contributed by atoms with Gasteiger partial charge in [-0.15, -0.1) is 10.2 Å². The second-order valence-electron chi connectivity index (χ2n) is 6.68. The Hall–Kier alpha value is -2.84. The third-order valence-corrected chi connectivity index (χ3v) is 4.86. The predicted octanol–water partition coefficient (Wildman–Crippen LogP) is 1.81. The minimum Gasteiger partial charge on any atom is -0.383 e. The Labute approximate surface area is 157 Å². The van der Waals surface area contributed by atoms with Crippen LogP contribution in [0.3, 0.4) is 0 Å². The Bertz CT molecular complexity index is 926. The molecule has 0 bridgehead atoms. The number of carbonyl (C=O) groups excluding carboxylic acids is 1. The lowest BCUT2D eigenvalue weighted by Gasteiger charge is -2.14. The average molecular weight is 366 g/mol. The summed E-state index contributed by atoms with van der Waals surface area (Å²) in [6, 6.07) is 7.18. The van der Waals surface area contributed by atoms with Crippen molar-refractivity contribution in [3.05, 3.63) is 54.2 Å². The number of nitrogens with one attached hydrogen (secondary N) is 1. The fraction of sp³-hybridized carbons (Fsp3) is 0.368. The maximum atomic E-state index is 12.6. The molecule has 1 amide bonds. The summed E-state index contributed by atoms with van der Waals surface area (Å²) in [6.45, 7) is 3.59. The van der Waals surface area contributed by atoms with Gasteiger partial charge in [0.05, 0.1) is 24.1 Å². The van der Waals surface area contributed by atoms with E-state index in [-0.39, 0.29) is 5.91 Å². The molecule has 3 aromatic heterocycles. The smallest absolute Gasteiger partial charge is 0.257 e. The van der Waals surface area contributed by atoms with Crippen LogP contribution in [0, 0.1) is 0 Å². The van der Waals surface area contributed by atoms with Gasteiger partial charge in [-0.3, -0.25) is 14.2 Å². The summed E-state index contributed by atoms with van der Waals surface area (Å²) in [5.41, 5.74) is 1.97. The molecule has 1 atom stereocenters. The second kappa shape index (κ2) is 7.81. The highest BCUT2D eigenvalue weighted by Gasteiger charge is 2.27. The molecule has 0 saturated carbocycles. The SMILES string of the molecule is COCCN1CCC(c2nnc3ccc(C(=O)Nc4cccnc4)cn23)C1. The van der Waals surface area contributed by atoms with Gasteiger partial charge in [0.15, 0.2) is 5.65 Å². The van der Waals surface area contributed by atoms with Crippen molar-refractivity contribution in [3.63, 3.8) is 0 Å². The summed E-state index contributed by atoms with van der Waals surface area (Å²) < 4.78 is 7.10. The predicted molar refractivity (Wildman–Crippen MR) is 101 cm³/mol. The quantitative estimate of drug-likeness (QED) is 0.716. The van der Waals surface area contributed by atoms with Crippen molar-refractivity contribution in [2.45, 2.75) is 12.3 Å². The molecule has 1 aliphatic heterocycles. The third kappa shape index (κ3) is 3.81. The van der Waals surface area contributed by atoms with Gasteiger partial charge in [0.25, 0.3) is 5.91 Å². The van der Waals surface area contributed by atoms with Gasteiger partial charge in [-0.1, -0.05) is 0 Å². The van der Waals surface area contributed by atoms with Crippen molar-refractivity contribution >= 4 is 17.2 Å². The van der Waals surface area contributed by atoms with Gasteiger partial charge in [-0.25, -0.2) is 0 Å². The molecule has 8 heteroatoms. The zero-order chi connectivity index (χ0) is 18.6. The normalized spacial score (nSPS) is 17.4. The Morgan fingerprint density at radius 3 is 3.07 bits per heavy atom. The van der Waals surface area contributed by atoms with Gasteiger partial charge in [0.1, 0.15) is 5.82 Å². The van der Waals surface area contributed by atoms with Gasteiger partial charge in [0.2, 0.25) is 0 Å². The van der Waals surface area contributed by atoms with Crippen molar-refractivity contribution in [1.82, 2.24) is 24.5 Å². The van der Waals surface area contributed by atoms with Crippen LogP contribution in [0.1, 0.15) is 28.5 Å². The number of aromatic nitrogens is 4. The number of fused-ring (bicyclic) bond motifs is 1. The maximum Gasteiger partial charge on any atom is 0.257 e. The van der Waals surface area contributed by atoms with Gasteiger partial charge in [-0.2, -0.15) is 0 Å². The van der Waals surface area contributed by atoms with Crippen molar-refractivity contribution in [2.24, 2.45) is 0 Å². The van der Waals surface area contributed by atoms with E-state index in [1.165, 1.54) is 0 Å². The van der Waals surface area contributed by atoms with Crippen molar-refractivity contribution in [2.75, 3.05) is 38.7 Å². The third-order valence-electron chi connectivity index (χ3n) is 4.86. The van der Waals surface area contributed by atoms with Crippen LogP contribution in [0.25, 0.3) is 5.65 Å². The zero-order valence-electron chi connectivity index (χ0n) is 15.2. The van der Waals surface area contributed by atoms with E-state index < -0.39 is 0 Å². The minimum atomic E-state index is -0.183. The molecule has 0 spiro atoms. The molecule has 3 aromatic rings. The van der Waals surface area contributed by atoms with Gasteiger partial charge in [-0.05, 0) is 37.2 Å². The van der Waals surface area contributed by atoms with Crippen LogP contribution in [0.5, 0.6) is 0 Å². The van der Waals surface area contributed by atoms with Gasteiger partial charge < -0.3 is 15.0 Å². The van der Waals surface area contributed by atoms with Crippen molar-refractivity contribution in [3.8, 4) is 0 Å². The van der Waals surface area contributed by atoms with Gasteiger partial charge >= 0.3 is 0 Å². The molecule has 1 N–H and O–H groups in total. The number of nitrogens with zero attached hydrogens (tertiary/aromatic N) is 5. The molecule has 140 valence electrons. The first-order chi connectivity index (χ1) is 13.2. The van der Waals surface area contributed by atoms with E-state index >= 15 is 0 Å². The molecule has 1 unspecified atom stereocenters. The number of likely N-dealkylation sites (tertiary alicyclic amines) is 1. The first-order valence-corrected chi connectivity index (χ1v) is 9.02. The van der Waals surface area contributed by atoms with E-state index in [4.69, 9.17) is 4.74 Å². The Balaban J connectivity index is 1.54. The summed E-state index contributed by atoms with van der Waals surface area (Å²) >= 11 is 0. The van der Waals surface area contributed by atoms with E-state index in [0.29, 0.717) is 17.2 Å². The lowest BCUT2D eigenvalue weighted by atomic mass is 10.1. The molecule has 0 radical (unpaired) electrons. The van der Waals surface area contributed by atoms with Crippen LogP contribution < -0.4 is 5.32 Å². The molecule has 0 aliphatic carbocycles. The first-order valence-electron chi connectivity index (χ1n) is 9.02. The Morgan fingerprint density at radius 2 is 2.26 bits per heavy atom. The molecule has 1 aliphatic rings. The summed E-state index contributed by atoms with van der Waals surface area (Å²) in [5, 5.41) is 11.5. The topological polar surface area (TPSA) is 84.6 Å². The Kier molecular flexibility index (Phi) is 5.08. The lowest BCUT2D eigenvalue weighted by molar-refractivity contribution is 0.102. The second-order valence-corrected chi connectivity index (χ2v) is 6.68. The van der Waals surface area contributed by atoms with Crippen LogP contribution in [0.4, 0.5) is 5.69 Å². The maximum absolute atomic E-state index is 12.6. The highest BCUT2D eigenvalue weighted by Crippen LogP contribution is 2.26. The molecule has 1 fully saturated rings. The van der Waals surface area contributed by atoms with Crippen LogP contribution in [0.2, 0.25) is 0 Å². The van der Waals surface area contributed by atoms with Crippen LogP contribution in [-0.2, 0) is 4.74 Å². The summed E-state index contributed by atoms with van der Waals surface area (Å²) in [6.07, 6.45) is 6.13. The van der Waals surface area contributed by atoms with Crippen LogP contribution >= 0.6 is 0 Å². The van der Waals surface area contributed by atoms with E-state index in [0.717, 1.165) is 44.1 Å². The van der Waals surface area contributed by atoms with E-state index in [1.807, 2.05) is 16.7 Å². The number of pyridine rings is 2. The molecule has 8 nitrogen and oxygen atoms in total. The number of amides is 1. The highest BCUT2D eigenvalue weighted by atomic mass is 16.5. The number of methoxy groups -OCH3 is 1. The number of hydrogen-bond donors (Lipinski definition) is 1. The fourth-order valence-corrected chi connectivity index (χ4v) is 3.43. The Morgan fingerprint density at radius 1 is 1.33 bits per heavy atom. The summed E-state index contributed by atoms with van der Waals surface area (Å²) in [5.74, 6) is 1.02. The lowest BCUT2D eigenvalue weighted by Crippen LogP contribution is -2.24.